The second-order valence-corrected chi connectivity index (χ2v) is 8.22. The minimum absolute atomic E-state index is 0.161. The summed E-state index contributed by atoms with van der Waals surface area (Å²) in [6, 6.07) is 13.6. The van der Waals surface area contributed by atoms with E-state index < -0.39 is 0 Å². The molecule has 164 valence electrons. The Hall–Kier alpha value is -2.83. The van der Waals surface area contributed by atoms with Gasteiger partial charge in [0, 0.05) is 30.5 Å². The van der Waals surface area contributed by atoms with Crippen LogP contribution in [0.4, 0.5) is 0 Å². The molecule has 6 nitrogen and oxygen atoms in total. The number of methoxy groups -OCH3 is 2. The third-order valence-corrected chi connectivity index (χ3v) is 5.55. The summed E-state index contributed by atoms with van der Waals surface area (Å²) >= 11 is 0. The topological polar surface area (TPSA) is 61.1 Å². The summed E-state index contributed by atoms with van der Waals surface area (Å²) in [7, 11) is 3.23. The van der Waals surface area contributed by atoms with E-state index in [1.54, 1.807) is 14.2 Å². The van der Waals surface area contributed by atoms with Crippen molar-refractivity contribution in [3.8, 4) is 22.8 Å². The standard InChI is InChI=1S/C25H29NO5/c1-16-13-26(14-17(2)30-16)15-21(27)10-18-5-7-22-20(9-18)12-24(31-22)19-6-8-23(28-3)25(11-19)29-4/h5-9,11-12,16-17H,10,13-15H2,1-4H3. The van der Waals surface area contributed by atoms with Crippen molar-refractivity contribution >= 4 is 16.8 Å². The second kappa shape index (κ2) is 9.12. The maximum atomic E-state index is 12.7. The highest BCUT2D eigenvalue weighted by molar-refractivity contribution is 5.87. The van der Waals surface area contributed by atoms with Crippen LogP contribution in [0.5, 0.6) is 11.5 Å². The first kappa shape index (κ1) is 21.4. The third-order valence-electron chi connectivity index (χ3n) is 5.55. The van der Waals surface area contributed by atoms with Gasteiger partial charge in [0.25, 0.3) is 0 Å². The van der Waals surface area contributed by atoms with Gasteiger partial charge in [0.15, 0.2) is 17.3 Å². The van der Waals surface area contributed by atoms with Crippen molar-refractivity contribution in [2.45, 2.75) is 32.5 Å². The van der Waals surface area contributed by atoms with E-state index in [0.717, 1.165) is 40.9 Å². The van der Waals surface area contributed by atoms with E-state index in [9.17, 15) is 4.79 Å². The van der Waals surface area contributed by atoms with Crippen LogP contribution in [0.15, 0.2) is 46.9 Å². The van der Waals surface area contributed by atoms with Gasteiger partial charge in [-0.2, -0.15) is 0 Å². The Morgan fingerprint density at radius 3 is 2.45 bits per heavy atom. The lowest BCUT2D eigenvalue weighted by Crippen LogP contribution is -2.47. The Morgan fingerprint density at radius 2 is 1.74 bits per heavy atom. The van der Waals surface area contributed by atoms with Crippen LogP contribution in [-0.2, 0) is 16.0 Å². The van der Waals surface area contributed by atoms with Crippen molar-refractivity contribution in [3.05, 3.63) is 48.0 Å². The second-order valence-electron chi connectivity index (χ2n) is 8.22. The smallest absolute Gasteiger partial charge is 0.161 e. The lowest BCUT2D eigenvalue weighted by molar-refractivity contribution is -0.123. The van der Waals surface area contributed by atoms with Gasteiger partial charge in [-0.1, -0.05) is 6.07 Å². The zero-order valence-electron chi connectivity index (χ0n) is 18.5. The number of rotatable bonds is 7. The molecule has 6 heteroatoms. The monoisotopic (exact) mass is 423 g/mol. The first-order valence-corrected chi connectivity index (χ1v) is 10.6. The number of nitrogens with zero attached hydrogens (tertiary/aromatic N) is 1. The first-order chi connectivity index (χ1) is 14.9. The van der Waals surface area contributed by atoms with Crippen LogP contribution in [0.1, 0.15) is 19.4 Å². The zero-order valence-corrected chi connectivity index (χ0v) is 18.5. The Bertz CT molecular complexity index is 1060. The summed E-state index contributed by atoms with van der Waals surface area (Å²) in [5.74, 6) is 2.28. The van der Waals surface area contributed by atoms with Crippen molar-refractivity contribution < 1.29 is 23.4 Å². The minimum atomic E-state index is 0.161. The van der Waals surface area contributed by atoms with Crippen molar-refractivity contribution in [3.63, 3.8) is 0 Å². The largest absolute Gasteiger partial charge is 0.493 e. The quantitative estimate of drug-likeness (QED) is 0.563. The van der Waals surface area contributed by atoms with E-state index >= 15 is 0 Å². The van der Waals surface area contributed by atoms with E-state index in [2.05, 4.69) is 18.7 Å². The molecule has 0 spiro atoms. The van der Waals surface area contributed by atoms with Crippen molar-refractivity contribution in [1.82, 2.24) is 4.90 Å². The normalized spacial score (nSPS) is 19.5. The number of Topliss-reactive ketones (excluding diaryl/α,β-unsaturated/α-hetero) is 1. The molecular weight excluding hydrogens is 394 g/mol. The lowest BCUT2D eigenvalue weighted by atomic mass is 10.1. The summed E-state index contributed by atoms with van der Waals surface area (Å²) in [6.07, 6.45) is 0.732. The highest BCUT2D eigenvalue weighted by atomic mass is 16.5. The van der Waals surface area contributed by atoms with Crippen molar-refractivity contribution in [2.24, 2.45) is 0 Å². The van der Waals surface area contributed by atoms with Gasteiger partial charge in [-0.3, -0.25) is 9.69 Å². The molecule has 0 N–H and O–H groups in total. The van der Waals surface area contributed by atoms with Gasteiger partial charge >= 0.3 is 0 Å². The van der Waals surface area contributed by atoms with Gasteiger partial charge in [0.1, 0.15) is 11.3 Å². The molecular formula is C25H29NO5. The Kier molecular flexibility index (Phi) is 6.30. The number of hydrogen-bond acceptors (Lipinski definition) is 6. The number of carbonyl (C=O) groups is 1. The molecule has 31 heavy (non-hydrogen) atoms. The molecule has 2 heterocycles. The van der Waals surface area contributed by atoms with Crippen LogP contribution in [0, 0.1) is 0 Å². The predicted molar refractivity (Wildman–Crippen MR) is 120 cm³/mol. The molecule has 2 unspecified atom stereocenters. The van der Waals surface area contributed by atoms with Crippen molar-refractivity contribution in [2.75, 3.05) is 33.9 Å². The number of ketones is 1. The maximum absolute atomic E-state index is 12.7. The van der Waals surface area contributed by atoms with Crippen molar-refractivity contribution in [1.29, 1.82) is 0 Å². The van der Waals surface area contributed by atoms with Gasteiger partial charge in [-0.25, -0.2) is 0 Å². The maximum Gasteiger partial charge on any atom is 0.161 e. The summed E-state index contributed by atoms with van der Waals surface area (Å²) in [5, 5.41) is 0.976. The number of furan rings is 1. The van der Waals surface area contributed by atoms with E-state index in [1.165, 1.54) is 0 Å². The average molecular weight is 424 g/mol. The van der Waals surface area contributed by atoms with E-state index in [4.69, 9.17) is 18.6 Å². The van der Waals surface area contributed by atoms with Gasteiger partial charge in [-0.15, -0.1) is 0 Å². The number of carbonyl (C=O) groups excluding carboxylic acids is 1. The summed E-state index contributed by atoms with van der Waals surface area (Å²) in [6.45, 7) is 6.15. The molecule has 1 fully saturated rings. The number of benzene rings is 2. The molecule has 3 aromatic rings. The fourth-order valence-electron chi connectivity index (χ4n) is 4.28. The van der Waals surface area contributed by atoms with Gasteiger partial charge in [-0.05, 0) is 55.8 Å². The van der Waals surface area contributed by atoms with Gasteiger partial charge < -0.3 is 18.6 Å². The van der Waals surface area contributed by atoms with Crippen LogP contribution in [0.3, 0.4) is 0 Å². The fourth-order valence-corrected chi connectivity index (χ4v) is 4.28. The molecule has 1 aliphatic heterocycles. The van der Waals surface area contributed by atoms with Crippen LogP contribution in [0.2, 0.25) is 0 Å². The first-order valence-electron chi connectivity index (χ1n) is 10.6. The summed E-state index contributed by atoms with van der Waals surface area (Å²) < 4.78 is 22.5. The number of fused-ring (bicyclic) bond motifs is 1. The van der Waals surface area contributed by atoms with E-state index in [0.29, 0.717) is 24.5 Å². The highest BCUT2D eigenvalue weighted by Crippen LogP contribution is 2.35. The molecule has 0 radical (unpaired) electrons. The molecule has 0 saturated carbocycles. The molecule has 0 aliphatic carbocycles. The van der Waals surface area contributed by atoms with Crippen LogP contribution in [0.25, 0.3) is 22.3 Å². The molecule has 0 bridgehead atoms. The molecule has 1 aliphatic rings. The van der Waals surface area contributed by atoms with E-state index in [-0.39, 0.29) is 18.0 Å². The molecule has 4 rings (SSSR count). The van der Waals surface area contributed by atoms with Gasteiger partial charge in [0.2, 0.25) is 0 Å². The van der Waals surface area contributed by atoms with Crippen LogP contribution >= 0.6 is 0 Å². The molecule has 1 saturated heterocycles. The Labute approximate surface area is 182 Å². The highest BCUT2D eigenvalue weighted by Gasteiger charge is 2.23. The SMILES string of the molecule is COc1ccc(-c2cc3cc(CC(=O)CN4CC(C)OC(C)C4)ccc3o2)cc1OC. The Morgan fingerprint density at radius 1 is 1.00 bits per heavy atom. The van der Waals surface area contributed by atoms with Crippen LogP contribution in [-0.4, -0.2) is 56.7 Å². The lowest BCUT2D eigenvalue weighted by Gasteiger charge is -2.34. The molecule has 0 amide bonds. The molecule has 2 aromatic carbocycles. The van der Waals surface area contributed by atoms with Crippen LogP contribution < -0.4 is 9.47 Å². The predicted octanol–water partition coefficient (Wildman–Crippen LogP) is 4.34. The third kappa shape index (κ3) is 4.92. The number of ether oxygens (including phenoxy) is 3. The Balaban J connectivity index is 1.48. The van der Waals surface area contributed by atoms with Gasteiger partial charge in [0.05, 0.1) is 33.0 Å². The molecule has 2 atom stereocenters. The summed E-state index contributed by atoms with van der Waals surface area (Å²) in [4.78, 5) is 14.8. The molecule has 1 aromatic heterocycles. The number of morpholine rings is 1. The average Bonchev–Trinajstić information content (AvgIpc) is 3.15. The number of hydrogen-bond donors (Lipinski definition) is 0. The van der Waals surface area contributed by atoms with E-state index in [1.807, 2.05) is 42.5 Å². The zero-order chi connectivity index (χ0) is 22.0. The fraction of sp³-hybridized carbons (Fsp3) is 0.400. The minimum Gasteiger partial charge on any atom is -0.493 e. The summed E-state index contributed by atoms with van der Waals surface area (Å²) in [5.41, 5.74) is 2.69.